The molecule has 1 atom stereocenters. The van der Waals surface area contributed by atoms with Gasteiger partial charge in [0.25, 0.3) is 0 Å². The van der Waals surface area contributed by atoms with Gasteiger partial charge in [-0.15, -0.1) is 0 Å². The lowest BCUT2D eigenvalue weighted by Crippen LogP contribution is -2.30. The van der Waals surface area contributed by atoms with Crippen molar-refractivity contribution >= 4 is 17.9 Å². The number of ether oxygens (including phenoxy) is 3. The van der Waals surface area contributed by atoms with Crippen LogP contribution in [0.1, 0.15) is 290 Å². The predicted molar refractivity (Wildman–Crippen MR) is 298 cm³/mol. The van der Waals surface area contributed by atoms with Gasteiger partial charge in [0.05, 0.1) is 0 Å². The van der Waals surface area contributed by atoms with E-state index >= 15 is 0 Å². The van der Waals surface area contributed by atoms with Crippen molar-refractivity contribution in [2.75, 3.05) is 13.2 Å². The highest BCUT2D eigenvalue weighted by atomic mass is 16.6. The third kappa shape index (κ3) is 55.6. The maximum Gasteiger partial charge on any atom is 0.306 e. The molecule has 0 spiro atoms. The topological polar surface area (TPSA) is 78.9 Å². The molecule has 398 valence electrons. The van der Waals surface area contributed by atoms with Gasteiger partial charge in [-0.25, -0.2) is 0 Å². The van der Waals surface area contributed by atoms with Crippen molar-refractivity contribution in [1.29, 1.82) is 0 Å². The van der Waals surface area contributed by atoms with Crippen LogP contribution < -0.4 is 0 Å². The molecule has 0 aliphatic heterocycles. The van der Waals surface area contributed by atoms with Gasteiger partial charge in [-0.1, -0.05) is 254 Å². The molecule has 0 radical (unpaired) electrons. The molecule has 0 saturated carbocycles. The van der Waals surface area contributed by atoms with Gasteiger partial charge < -0.3 is 14.2 Å². The Balaban J connectivity index is 4.44. The number of carbonyl (C=O) groups excluding carboxylic acids is 3. The van der Waals surface area contributed by atoms with Gasteiger partial charge in [-0.05, 0) is 89.9 Å². The molecule has 0 amide bonds. The fourth-order valence-corrected chi connectivity index (χ4v) is 8.23. The summed E-state index contributed by atoms with van der Waals surface area (Å²) in [4.78, 5) is 38.2. The molecule has 0 unspecified atom stereocenters. The second-order valence-electron chi connectivity index (χ2n) is 19.6. The van der Waals surface area contributed by atoms with Gasteiger partial charge in [0.1, 0.15) is 13.2 Å². The Bertz CT molecular complexity index is 1290. The first kappa shape index (κ1) is 65.8. The van der Waals surface area contributed by atoms with E-state index in [-0.39, 0.29) is 37.5 Å². The number of hydrogen-bond donors (Lipinski definition) is 0. The molecular weight excluding hydrogens is 853 g/mol. The molecule has 0 aliphatic rings. The van der Waals surface area contributed by atoms with Crippen molar-refractivity contribution in [3.8, 4) is 0 Å². The summed E-state index contributed by atoms with van der Waals surface area (Å²) in [5, 5.41) is 0. The lowest BCUT2D eigenvalue weighted by molar-refractivity contribution is -0.167. The molecule has 0 fully saturated rings. The van der Waals surface area contributed by atoms with E-state index in [1.807, 2.05) is 0 Å². The van der Waals surface area contributed by atoms with Crippen molar-refractivity contribution in [3.63, 3.8) is 0 Å². The number of hydrogen-bond acceptors (Lipinski definition) is 6. The lowest BCUT2D eigenvalue weighted by atomic mass is 10.0. The average Bonchev–Trinajstić information content (AvgIpc) is 3.35. The maximum atomic E-state index is 12.8. The Morgan fingerprint density at radius 3 is 0.884 bits per heavy atom. The summed E-state index contributed by atoms with van der Waals surface area (Å²) in [6, 6.07) is 0. The van der Waals surface area contributed by atoms with E-state index in [9.17, 15) is 14.4 Å². The molecule has 0 aromatic rings. The van der Waals surface area contributed by atoms with Gasteiger partial charge in [0.15, 0.2) is 6.10 Å². The van der Waals surface area contributed by atoms with Crippen molar-refractivity contribution in [1.82, 2.24) is 0 Å². The highest BCUT2D eigenvalue weighted by Crippen LogP contribution is 2.16. The molecule has 6 nitrogen and oxygen atoms in total. The van der Waals surface area contributed by atoms with Crippen molar-refractivity contribution in [2.24, 2.45) is 0 Å². The first-order valence-electron chi connectivity index (χ1n) is 29.4. The molecule has 0 aromatic heterocycles. The van der Waals surface area contributed by atoms with Crippen molar-refractivity contribution in [2.45, 2.75) is 297 Å². The lowest BCUT2D eigenvalue weighted by Gasteiger charge is -2.18. The zero-order valence-corrected chi connectivity index (χ0v) is 45.6. The number of unbranched alkanes of at least 4 members (excludes halogenated alkanes) is 30. The van der Waals surface area contributed by atoms with E-state index < -0.39 is 6.10 Å². The Kier molecular flexibility index (Phi) is 54.8. The first-order chi connectivity index (χ1) is 34.0. The average molecular weight is 964 g/mol. The third-order valence-corrected chi connectivity index (χ3v) is 12.7. The normalized spacial score (nSPS) is 12.6. The Morgan fingerprint density at radius 1 is 0.290 bits per heavy atom. The summed E-state index contributed by atoms with van der Waals surface area (Å²) in [5.41, 5.74) is 0. The van der Waals surface area contributed by atoms with Crippen LogP contribution in [-0.2, 0) is 28.6 Å². The zero-order valence-electron chi connectivity index (χ0n) is 45.6. The fourth-order valence-electron chi connectivity index (χ4n) is 8.23. The summed E-state index contributed by atoms with van der Waals surface area (Å²) in [6.45, 7) is 6.56. The predicted octanol–water partition coefficient (Wildman–Crippen LogP) is 19.8. The minimum absolute atomic E-state index is 0.0994. The van der Waals surface area contributed by atoms with E-state index in [1.54, 1.807) is 0 Å². The number of esters is 3. The molecule has 0 saturated heterocycles. The van der Waals surface area contributed by atoms with Crippen molar-refractivity contribution in [3.05, 3.63) is 72.9 Å². The third-order valence-electron chi connectivity index (χ3n) is 12.7. The molecule has 0 N–H and O–H groups in total. The second-order valence-corrected chi connectivity index (χ2v) is 19.6. The molecule has 0 heterocycles. The van der Waals surface area contributed by atoms with Crippen LogP contribution in [0.15, 0.2) is 72.9 Å². The highest BCUT2D eigenvalue weighted by molar-refractivity contribution is 5.71. The van der Waals surface area contributed by atoms with E-state index in [0.29, 0.717) is 19.3 Å². The summed E-state index contributed by atoms with van der Waals surface area (Å²) >= 11 is 0. The van der Waals surface area contributed by atoms with Crippen LogP contribution in [0.3, 0.4) is 0 Å². The van der Waals surface area contributed by atoms with Gasteiger partial charge in [-0.2, -0.15) is 0 Å². The first-order valence-corrected chi connectivity index (χ1v) is 29.4. The Labute approximate surface area is 427 Å². The monoisotopic (exact) mass is 963 g/mol. The summed E-state index contributed by atoms with van der Waals surface area (Å²) in [7, 11) is 0. The van der Waals surface area contributed by atoms with Crippen LogP contribution in [0.5, 0.6) is 0 Å². The quantitative estimate of drug-likeness (QED) is 0.0262. The Morgan fingerprint density at radius 2 is 0.536 bits per heavy atom. The second kappa shape index (κ2) is 57.4. The SMILES string of the molecule is CCCCC/C=C\C/C=C\C/C=C\C/C=C\CCCC(=O)O[C@H](COC(=O)CCCCCCC/C=C\C/C=C\CCCCC)COC(=O)CCCCCCCCCCCCCCCCCCCCC. The standard InChI is InChI=1S/C63H110O6/c1-4-7-10-13-16-19-22-25-28-30-31-33-35-38-41-44-47-50-53-56-62(65)68-59-60(58-67-61(64)55-52-49-46-43-40-37-34-27-24-21-18-15-12-9-6-3)69-63(66)57-54-51-48-45-42-39-36-32-29-26-23-20-17-14-11-8-5-2/h17-18,20-21,26-27,29,34,36,39,45,48,60H,4-16,19,22-25,28,30-33,35,37-38,40-44,46-47,49-59H2,1-3H3/b20-17-,21-18-,29-26-,34-27-,39-36-,48-45-/t60-/m1/s1. The van der Waals surface area contributed by atoms with E-state index in [0.717, 1.165) is 89.9 Å². The zero-order chi connectivity index (χ0) is 50.0. The highest BCUT2D eigenvalue weighted by Gasteiger charge is 2.19. The fraction of sp³-hybridized carbons (Fsp3) is 0.762. The molecule has 0 aliphatic carbocycles. The number of allylic oxidation sites excluding steroid dienone is 12. The summed E-state index contributed by atoms with van der Waals surface area (Å²) in [5.74, 6) is -0.960. The van der Waals surface area contributed by atoms with E-state index in [2.05, 4.69) is 93.7 Å². The van der Waals surface area contributed by atoms with Crippen LogP contribution in [0, 0.1) is 0 Å². The molecule has 6 heteroatoms. The maximum absolute atomic E-state index is 12.8. The number of carbonyl (C=O) groups is 3. The van der Waals surface area contributed by atoms with Crippen LogP contribution in [0.2, 0.25) is 0 Å². The molecular formula is C63H110O6. The largest absolute Gasteiger partial charge is 0.462 e. The van der Waals surface area contributed by atoms with Gasteiger partial charge in [0.2, 0.25) is 0 Å². The van der Waals surface area contributed by atoms with Gasteiger partial charge in [0, 0.05) is 19.3 Å². The molecule has 0 bridgehead atoms. The van der Waals surface area contributed by atoms with Crippen molar-refractivity contribution < 1.29 is 28.6 Å². The van der Waals surface area contributed by atoms with E-state index in [1.165, 1.54) is 154 Å². The van der Waals surface area contributed by atoms with Crippen LogP contribution in [-0.4, -0.2) is 37.2 Å². The summed E-state index contributed by atoms with van der Waals surface area (Å²) in [6.07, 6.45) is 73.3. The van der Waals surface area contributed by atoms with E-state index in [4.69, 9.17) is 14.2 Å². The smallest absolute Gasteiger partial charge is 0.306 e. The minimum atomic E-state index is -0.809. The van der Waals surface area contributed by atoms with Crippen LogP contribution >= 0.6 is 0 Å². The van der Waals surface area contributed by atoms with Gasteiger partial charge in [-0.3, -0.25) is 14.4 Å². The van der Waals surface area contributed by atoms with Crippen LogP contribution in [0.4, 0.5) is 0 Å². The van der Waals surface area contributed by atoms with Gasteiger partial charge >= 0.3 is 17.9 Å². The molecule has 69 heavy (non-hydrogen) atoms. The summed E-state index contributed by atoms with van der Waals surface area (Å²) < 4.78 is 16.8. The molecule has 0 rings (SSSR count). The molecule has 0 aromatic carbocycles. The minimum Gasteiger partial charge on any atom is -0.462 e. The Hall–Kier alpha value is -3.15. The number of rotatable bonds is 53. The van der Waals surface area contributed by atoms with Crippen LogP contribution in [0.25, 0.3) is 0 Å².